The fourth-order valence-electron chi connectivity index (χ4n) is 1.82. The van der Waals surface area contributed by atoms with E-state index in [-0.39, 0.29) is 11.9 Å². The number of piperidine rings is 1. The molecule has 94 valence electrons. The lowest BCUT2D eigenvalue weighted by Gasteiger charge is -2.32. The second-order valence-corrected chi connectivity index (χ2v) is 6.65. The first-order valence-electron chi connectivity index (χ1n) is 5.16. The number of hydrogen-bond donors (Lipinski definition) is 1. The molecule has 1 heterocycles. The minimum absolute atomic E-state index is 0.0903. The molecule has 1 aliphatic rings. The predicted octanol–water partition coefficient (Wildman–Crippen LogP) is -0.110. The Bertz CT molecular complexity index is 343. The van der Waals surface area contributed by atoms with Gasteiger partial charge in [0.25, 0.3) is 0 Å². The van der Waals surface area contributed by atoms with E-state index in [9.17, 15) is 13.2 Å². The number of carbonyl (C=O) groups excluding carboxylic acids is 1. The van der Waals surface area contributed by atoms with Gasteiger partial charge >= 0.3 is 0 Å². The lowest BCUT2D eigenvalue weighted by Crippen LogP contribution is -2.49. The number of amides is 1. The van der Waals surface area contributed by atoms with Crippen molar-refractivity contribution in [2.45, 2.75) is 18.9 Å². The summed E-state index contributed by atoms with van der Waals surface area (Å²) < 4.78 is 24.7. The summed E-state index contributed by atoms with van der Waals surface area (Å²) in [5.74, 6) is 0.554. The van der Waals surface area contributed by atoms with Crippen LogP contribution in [0.1, 0.15) is 12.8 Å². The molecule has 1 N–H and O–H groups in total. The monoisotopic (exact) mass is 266 g/mol. The third-order valence-electron chi connectivity index (χ3n) is 2.42. The molecule has 0 aromatic heterocycles. The highest BCUT2D eigenvalue weighted by atomic mass is 32.2. The number of nitrogens with zero attached hydrogens (tertiary/aromatic N) is 1. The standard InChI is InChI=1S/C9H18N2O3S2/c1-15-7-9(12)11-5-3-4-8(6-11)10-16(2,13)14/h8,10H,3-7H2,1-2H3. The number of thioether (sulfide) groups is 1. The van der Waals surface area contributed by atoms with Crippen molar-refractivity contribution in [3.8, 4) is 0 Å². The first-order valence-corrected chi connectivity index (χ1v) is 8.45. The molecule has 5 nitrogen and oxygen atoms in total. The van der Waals surface area contributed by atoms with Gasteiger partial charge in [0.15, 0.2) is 0 Å². The van der Waals surface area contributed by atoms with Gasteiger partial charge in [-0.05, 0) is 19.1 Å². The molecule has 1 unspecified atom stereocenters. The van der Waals surface area contributed by atoms with Crippen LogP contribution in [0.25, 0.3) is 0 Å². The van der Waals surface area contributed by atoms with E-state index in [0.29, 0.717) is 12.3 Å². The number of rotatable bonds is 4. The van der Waals surface area contributed by atoms with Gasteiger partial charge in [-0.15, -0.1) is 0 Å². The third-order valence-corrected chi connectivity index (χ3v) is 3.72. The summed E-state index contributed by atoms with van der Waals surface area (Å²) >= 11 is 1.49. The predicted molar refractivity (Wildman–Crippen MR) is 66.0 cm³/mol. The molecule has 0 saturated carbocycles. The summed E-state index contributed by atoms with van der Waals surface area (Å²) in [5, 5.41) is 0. The molecule has 0 aromatic carbocycles. The zero-order valence-corrected chi connectivity index (χ0v) is 11.2. The molecule has 1 saturated heterocycles. The highest BCUT2D eigenvalue weighted by Gasteiger charge is 2.24. The largest absolute Gasteiger partial charge is 0.340 e. The SMILES string of the molecule is CSCC(=O)N1CCCC(NS(C)(=O)=O)C1. The highest BCUT2D eigenvalue weighted by molar-refractivity contribution is 7.99. The van der Waals surface area contributed by atoms with Crippen molar-refractivity contribution in [2.24, 2.45) is 0 Å². The van der Waals surface area contributed by atoms with Crippen LogP contribution in [-0.2, 0) is 14.8 Å². The summed E-state index contributed by atoms with van der Waals surface area (Å²) in [5.41, 5.74) is 0. The zero-order chi connectivity index (χ0) is 12.2. The average Bonchev–Trinajstić information content (AvgIpc) is 2.16. The number of likely N-dealkylation sites (tertiary alicyclic amines) is 1. The Morgan fingerprint density at radius 1 is 1.56 bits per heavy atom. The van der Waals surface area contributed by atoms with Crippen molar-refractivity contribution in [3.63, 3.8) is 0 Å². The van der Waals surface area contributed by atoms with Crippen molar-refractivity contribution < 1.29 is 13.2 Å². The molecule has 1 aliphatic heterocycles. The van der Waals surface area contributed by atoms with Gasteiger partial charge in [0.1, 0.15) is 0 Å². The van der Waals surface area contributed by atoms with E-state index >= 15 is 0 Å². The molecule has 0 radical (unpaired) electrons. The van der Waals surface area contributed by atoms with Crippen LogP contribution in [0.2, 0.25) is 0 Å². The second kappa shape index (κ2) is 5.88. The third kappa shape index (κ3) is 4.71. The van der Waals surface area contributed by atoms with E-state index in [1.807, 2.05) is 6.26 Å². The highest BCUT2D eigenvalue weighted by Crippen LogP contribution is 2.12. The zero-order valence-electron chi connectivity index (χ0n) is 9.60. The van der Waals surface area contributed by atoms with Crippen LogP contribution >= 0.6 is 11.8 Å². The van der Waals surface area contributed by atoms with Gasteiger partial charge in [-0.25, -0.2) is 13.1 Å². The van der Waals surface area contributed by atoms with Gasteiger partial charge < -0.3 is 4.90 Å². The summed E-state index contributed by atoms with van der Waals surface area (Å²) in [7, 11) is -3.18. The Labute approximate surface area is 101 Å². The Kier molecular flexibility index (Phi) is 5.07. The van der Waals surface area contributed by atoms with Crippen molar-refractivity contribution in [2.75, 3.05) is 31.4 Å². The number of hydrogen-bond acceptors (Lipinski definition) is 4. The molecule has 0 aromatic rings. The molecule has 1 rings (SSSR count). The maximum absolute atomic E-state index is 11.6. The minimum Gasteiger partial charge on any atom is -0.340 e. The number of nitrogens with one attached hydrogen (secondary N) is 1. The van der Waals surface area contributed by atoms with E-state index in [2.05, 4.69) is 4.72 Å². The quantitative estimate of drug-likeness (QED) is 0.771. The Balaban J connectivity index is 2.50. The van der Waals surface area contributed by atoms with E-state index in [1.165, 1.54) is 11.8 Å². The van der Waals surface area contributed by atoms with Crippen LogP contribution in [0.5, 0.6) is 0 Å². The molecule has 0 bridgehead atoms. The maximum Gasteiger partial charge on any atom is 0.232 e. The maximum atomic E-state index is 11.6. The lowest BCUT2D eigenvalue weighted by atomic mass is 10.1. The van der Waals surface area contributed by atoms with Crippen molar-refractivity contribution in [1.29, 1.82) is 0 Å². The van der Waals surface area contributed by atoms with Gasteiger partial charge in [-0.1, -0.05) is 0 Å². The van der Waals surface area contributed by atoms with Crippen LogP contribution in [0.3, 0.4) is 0 Å². The molecular formula is C9H18N2O3S2. The first-order chi connectivity index (χ1) is 7.42. The summed E-state index contributed by atoms with van der Waals surface area (Å²) in [6.45, 7) is 1.23. The summed E-state index contributed by atoms with van der Waals surface area (Å²) in [4.78, 5) is 13.4. The molecule has 16 heavy (non-hydrogen) atoms. The van der Waals surface area contributed by atoms with Crippen molar-refractivity contribution >= 4 is 27.7 Å². The van der Waals surface area contributed by atoms with Gasteiger partial charge in [0.2, 0.25) is 15.9 Å². The molecule has 1 fully saturated rings. The Morgan fingerprint density at radius 2 is 2.25 bits per heavy atom. The van der Waals surface area contributed by atoms with Gasteiger partial charge in [-0.2, -0.15) is 11.8 Å². The number of carbonyl (C=O) groups is 1. The van der Waals surface area contributed by atoms with Crippen LogP contribution in [0.15, 0.2) is 0 Å². The molecule has 1 amide bonds. The number of sulfonamides is 1. The fraction of sp³-hybridized carbons (Fsp3) is 0.889. The second-order valence-electron chi connectivity index (χ2n) is 4.00. The lowest BCUT2D eigenvalue weighted by molar-refractivity contribution is -0.129. The van der Waals surface area contributed by atoms with Gasteiger partial charge in [0, 0.05) is 19.1 Å². The van der Waals surface area contributed by atoms with Crippen LogP contribution in [0, 0.1) is 0 Å². The molecule has 1 atom stereocenters. The van der Waals surface area contributed by atoms with Crippen LogP contribution in [0.4, 0.5) is 0 Å². The average molecular weight is 266 g/mol. The summed E-state index contributed by atoms with van der Waals surface area (Å²) in [6.07, 6.45) is 4.69. The smallest absolute Gasteiger partial charge is 0.232 e. The molecule has 0 spiro atoms. The van der Waals surface area contributed by atoms with Gasteiger partial charge in [0.05, 0.1) is 12.0 Å². The minimum atomic E-state index is -3.18. The molecule has 0 aliphatic carbocycles. The molecule has 7 heteroatoms. The van der Waals surface area contributed by atoms with E-state index in [0.717, 1.165) is 25.6 Å². The van der Waals surface area contributed by atoms with E-state index < -0.39 is 10.0 Å². The normalized spacial score (nSPS) is 22.1. The first kappa shape index (κ1) is 13.8. The van der Waals surface area contributed by atoms with Crippen molar-refractivity contribution in [3.05, 3.63) is 0 Å². The Hall–Kier alpha value is -0.270. The van der Waals surface area contributed by atoms with Crippen LogP contribution < -0.4 is 4.72 Å². The Morgan fingerprint density at radius 3 is 2.81 bits per heavy atom. The van der Waals surface area contributed by atoms with Crippen LogP contribution in [-0.4, -0.2) is 56.6 Å². The van der Waals surface area contributed by atoms with E-state index in [4.69, 9.17) is 0 Å². The van der Waals surface area contributed by atoms with Gasteiger partial charge in [-0.3, -0.25) is 4.79 Å². The summed E-state index contributed by atoms with van der Waals surface area (Å²) in [6, 6.07) is -0.130. The topological polar surface area (TPSA) is 66.5 Å². The van der Waals surface area contributed by atoms with Crippen molar-refractivity contribution in [1.82, 2.24) is 9.62 Å². The molecular weight excluding hydrogens is 248 g/mol. The van der Waals surface area contributed by atoms with E-state index in [1.54, 1.807) is 4.90 Å². The fourth-order valence-corrected chi connectivity index (χ4v) is 3.04.